The number of aromatic nitrogens is 2. The molecule has 0 aliphatic rings. The number of nitrogens with one attached hydrogen (secondary N) is 1. The minimum absolute atomic E-state index is 0.449. The van der Waals surface area contributed by atoms with Crippen LogP contribution in [-0.4, -0.2) is 22.2 Å². The number of hydrogen-bond acceptors (Lipinski definition) is 3. The van der Waals surface area contributed by atoms with Crippen molar-refractivity contribution in [2.24, 2.45) is 0 Å². The van der Waals surface area contributed by atoms with Crippen LogP contribution in [0.25, 0.3) is 0 Å². The molecule has 2 N–H and O–H groups in total. The number of anilines is 1. The summed E-state index contributed by atoms with van der Waals surface area (Å²) in [6.45, 7) is 0. The molecule has 1 heterocycles. The lowest BCUT2D eigenvalue weighted by Gasteiger charge is -2.02. The summed E-state index contributed by atoms with van der Waals surface area (Å²) in [4.78, 5) is 6.44. The average molecular weight is 113 g/mol. The third-order valence-corrected chi connectivity index (χ3v) is 0.790. The van der Waals surface area contributed by atoms with Crippen LogP contribution in [0, 0.1) is 0 Å². The van der Waals surface area contributed by atoms with Crippen molar-refractivity contribution in [1.82, 2.24) is 9.97 Å². The first-order valence-corrected chi connectivity index (χ1v) is 2.22. The van der Waals surface area contributed by atoms with E-state index in [0.717, 1.165) is 5.06 Å². The zero-order chi connectivity index (χ0) is 5.98. The van der Waals surface area contributed by atoms with E-state index >= 15 is 0 Å². The van der Waals surface area contributed by atoms with E-state index in [9.17, 15) is 0 Å². The molecule has 0 unspecified atom stereocenters. The van der Waals surface area contributed by atoms with E-state index in [1.165, 1.54) is 7.05 Å². The normalized spacial score (nSPS) is 9.25. The van der Waals surface area contributed by atoms with Gasteiger partial charge in [0.2, 0.25) is 5.95 Å². The van der Waals surface area contributed by atoms with Gasteiger partial charge in [-0.05, 0) is 0 Å². The van der Waals surface area contributed by atoms with Gasteiger partial charge in [-0.15, -0.1) is 0 Å². The third kappa shape index (κ3) is 0.788. The van der Waals surface area contributed by atoms with Crippen LogP contribution in [0.2, 0.25) is 0 Å². The van der Waals surface area contributed by atoms with Gasteiger partial charge in [0.15, 0.2) is 0 Å². The first kappa shape index (κ1) is 5.11. The van der Waals surface area contributed by atoms with Crippen molar-refractivity contribution in [3.05, 3.63) is 12.4 Å². The molecule has 0 aromatic carbocycles. The van der Waals surface area contributed by atoms with E-state index in [2.05, 4.69) is 9.97 Å². The molecule has 44 valence electrons. The van der Waals surface area contributed by atoms with Crippen LogP contribution in [0.4, 0.5) is 5.95 Å². The van der Waals surface area contributed by atoms with E-state index in [4.69, 9.17) is 5.21 Å². The van der Waals surface area contributed by atoms with E-state index in [1.54, 1.807) is 12.4 Å². The maximum absolute atomic E-state index is 8.65. The minimum atomic E-state index is 0.449. The molecule has 1 aromatic rings. The Kier molecular flexibility index (Phi) is 1.17. The van der Waals surface area contributed by atoms with Gasteiger partial charge in [-0.2, -0.15) is 0 Å². The molecule has 0 radical (unpaired) electrons. The number of imidazole rings is 1. The molecule has 0 saturated carbocycles. The van der Waals surface area contributed by atoms with Crippen molar-refractivity contribution in [2.75, 3.05) is 12.1 Å². The predicted octanol–water partition coefficient (Wildman–Crippen LogP) is 0.235. The van der Waals surface area contributed by atoms with Gasteiger partial charge in [0.25, 0.3) is 0 Å². The number of hydroxylamine groups is 1. The highest BCUT2D eigenvalue weighted by atomic mass is 16.5. The monoisotopic (exact) mass is 113 g/mol. The van der Waals surface area contributed by atoms with Crippen LogP contribution < -0.4 is 5.06 Å². The smallest absolute Gasteiger partial charge is 0.226 e. The second-order valence-electron chi connectivity index (χ2n) is 1.44. The zero-order valence-corrected chi connectivity index (χ0v) is 4.50. The maximum atomic E-state index is 8.65. The van der Waals surface area contributed by atoms with Crippen LogP contribution in [0.1, 0.15) is 0 Å². The van der Waals surface area contributed by atoms with Gasteiger partial charge < -0.3 is 4.98 Å². The molecule has 1 rings (SSSR count). The Morgan fingerprint density at radius 1 is 1.88 bits per heavy atom. The molecular weight excluding hydrogens is 106 g/mol. The maximum Gasteiger partial charge on any atom is 0.226 e. The van der Waals surface area contributed by atoms with Crippen molar-refractivity contribution in [1.29, 1.82) is 0 Å². The zero-order valence-electron chi connectivity index (χ0n) is 4.50. The molecule has 0 atom stereocenters. The lowest BCUT2D eigenvalue weighted by Crippen LogP contribution is -2.10. The first-order chi connectivity index (χ1) is 3.80. The Bertz CT molecular complexity index is 146. The Balaban J connectivity index is 2.77. The molecule has 8 heavy (non-hydrogen) atoms. The first-order valence-electron chi connectivity index (χ1n) is 2.22. The summed E-state index contributed by atoms with van der Waals surface area (Å²) in [5, 5.41) is 9.57. The molecule has 0 bridgehead atoms. The number of rotatable bonds is 1. The number of nitrogens with zero attached hydrogens (tertiary/aromatic N) is 2. The van der Waals surface area contributed by atoms with Crippen LogP contribution in [0.3, 0.4) is 0 Å². The number of H-pyrrole nitrogens is 1. The molecule has 0 spiro atoms. The summed E-state index contributed by atoms with van der Waals surface area (Å²) < 4.78 is 0. The summed E-state index contributed by atoms with van der Waals surface area (Å²) >= 11 is 0. The molecular formula is C4H7N3O. The topological polar surface area (TPSA) is 52.1 Å². The van der Waals surface area contributed by atoms with Crippen LogP contribution in [0.5, 0.6) is 0 Å². The quantitative estimate of drug-likeness (QED) is 0.513. The minimum Gasteiger partial charge on any atom is -0.329 e. The Labute approximate surface area is 46.7 Å². The number of hydrogen-bond donors (Lipinski definition) is 2. The molecule has 4 heteroatoms. The fourth-order valence-electron chi connectivity index (χ4n) is 0.434. The molecule has 1 aromatic heterocycles. The van der Waals surface area contributed by atoms with Crippen molar-refractivity contribution < 1.29 is 5.21 Å². The number of aromatic amines is 1. The third-order valence-electron chi connectivity index (χ3n) is 0.790. The van der Waals surface area contributed by atoms with Gasteiger partial charge in [-0.25, -0.2) is 10.0 Å². The van der Waals surface area contributed by atoms with Gasteiger partial charge in [-0.1, -0.05) is 0 Å². The average Bonchev–Trinajstić information content (AvgIpc) is 2.12. The van der Waals surface area contributed by atoms with Crippen LogP contribution in [0.15, 0.2) is 12.4 Å². The van der Waals surface area contributed by atoms with E-state index in [0.29, 0.717) is 5.95 Å². The molecule has 4 nitrogen and oxygen atoms in total. The van der Waals surface area contributed by atoms with Gasteiger partial charge in [0, 0.05) is 19.4 Å². The standard InChI is InChI=1S/C4H7N3O/c1-7(8)4-5-2-3-6-4/h2-3,8H,1H3,(H,5,6). The van der Waals surface area contributed by atoms with Crippen molar-refractivity contribution >= 4 is 5.95 Å². The van der Waals surface area contributed by atoms with Gasteiger partial charge in [0.1, 0.15) is 0 Å². The largest absolute Gasteiger partial charge is 0.329 e. The van der Waals surface area contributed by atoms with E-state index < -0.39 is 0 Å². The summed E-state index contributed by atoms with van der Waals surface area (Å²) in [6, 6.07) is 0. The Hall–Kier alpha value is -1.03. The van der Waals surface area contributed by atoms with Crippen molar-refractivity contribution in [3.63, 3.8) is 0 Å². The Morgan fingerprint density at radius 3 is 2.88 bits per heavy atom. The molecule has 0 aliphatic heterocycles. The van der Waals surface area contributed by atoms with Gasteiger partial charge in [-0.3, -0.25) is 5.21 Å². The fraction of sp³-hybridized carbons (Fsp3) is 0.250. The second kappa shape index (κ2) is 1.83. The summed E-state index contributed by atoms with van der Waals surface area (Å²) in [5.74, 6) is 0.449. The SMILES string of the molecule is CN(O)c1ncc[nH]1. The molecule has 0 fully saturated rings. The van der Waals surface area contributed by atoms with Crippen LogP contribution in [-0.2, 0) is 0 Å². The molecule has 0 aliphatic carbocycles. The van der Waals surface area contributed by atoms with E-state index in [-0.39, 0.29) is 0 Å². The van der Waals surface area contributed by atoms with Crippen molar-refractivity contribution in [3.8, 4) is 0 Å². The van der Waals surface area contributed by atoms with Crippen LogP contribution >= 0.6 is 0 Å². The summed E-state index contributed by atoms with van der Waals surface area (Å²) in [7, 11) is 1.50. The Morgan fingerprint density at radius 2 is 2.62 bits per heavy atom. The lowest BCUT2D eigenvalue weighted by molar-refractivity contribution is 0.273. The molecule has 0 saturated heterocycles. The van der Waals surface area contributed by atoms with Crippen molar-refractivity contribution in [2.45, 2.75) is 0 Å². The summed E-state index contributed by atoms with van der Waals surface area (Å²) in [6.07, 6.45) is 3.21. The fourth-order valence-corrected chi connectivity index (χ4v) is 0.434. The lowest BCUT2D eigenvalue weighted by atomic mass is 11.0. The molecule has 0 amide bonds. The van der Waals surface area contributed by atoms with E-state index in [1.807, 2.05) is 0 Å². The highest BCUT2D eigenvalue weighted by Crippen LogP contribution is 1.96. The van der Waals surface area contributed by atoms with Gasteiger partial charge >= 0.3 is 0 Å². The summed E-state index contributed by atoms with van der Waals surface area (Å²) in [5.41, 5.74) is 0. The highest BCUT2D eigenvalue weighted by molar-refractivity contribution is 5.21. The predicted molar refractivity (Wildman–Crippen MR) is 28.8 cm³/mol. The highest BCUT2D eigenvalue weighted by Gasteiger charge is 1.93. The second-order valence-corrected chi connectivity index (χ2v) is 1.44. The van der Waals surface area contributed by atoms with Gasteiger partial charge in [0.05, 0.1) is 0 Å².